The van der Waals surface area contributed by atoms with E-state index in [1.54, 1.807) is 7.11 Å². The topological polar surface area (TPSA) is 24.5 Å². The minimum Gasteiger partial charge on any atom is -0.394 e. The zero-order valence-electron chi connectivity index (χ0n) is 10.1. The number of nitrogens with zero attached hydrogens (tertiary/aromatic N) is 1. The molecule has 3 nitrogen and oxygen atoms in total. The van der Waals surface area contributed by atoms with Gasteiger partial charge in [0.25, 0.3) is 0 Å². The molecule has 0 aliphatic carbocycles. The second kappa shape index (κ2) is 7.83. The molecule has 2 atom stereocenters. The standard InChI is InChI=1S/C9H18N2O.C2H6/c1-10-5-4-8-6-9(12-3)7-11(8)2;1-2/h4-5,8-10H,6-7H2,1-3H3;1-2H3/b5-4+;. The van der Waals surface area contributed by atoms with E-state index in [9.17, 15) is 0 Å². The Morgan fingerprint density at radius 2 is 2.07 bits per heavy atom. The molecule has 0 amide bonds. The Morgan fingerprint density at radius 3 is 2.50 bits per heavy atom. The lowest BCUT2D eigenvalue weighted by atomic mass is 10.2. The SMILES string of the molecule is CC.CN/C=C/C1CC(OC)CN1C. The van der Waals surface area contributed by atoms with Gasteiger partial charge in [0.05, 0.1) is 6.10 Å². The first-order valence-electron chi connectivity index (χ1n) is 5.35. The van der Waals surface area contributed by atoms with Gasteiger partial charge in [0, 0.05) is 26.7 Å². The van der Waals surface area contributed by atoms with E-state index in [1.807, 2.05) is 27.1 Å². The molecule has 1 saturated heterocycles. The lowest BCUT2D eigenvalue weighted by molar-refractivity contribution is 0.111. The molecule has 2 unspecified atom stereocenters. The van der Waals surface area contributed by atoms with Gasteiger partial charge in [-0.15, -0.1) is 0 Å². The van der Waals surface area contributed by atoms with E-state index >= 15 is 0 Å². The van der Waals surface area contributed by atoms with E-state index in [4.69, 9.17) is 4.74 Å². The van der Waals surface area contributed by atoms with Crippen molar-refractivity contribution in [3.8, 4) is 0 Å². The van der Waals surface area contributed by atoms with Crippen LogP contribution in [0, 0.1) is 0 Å². The van der Waals surface area contributed by atoms with E-state index in [2.05, 4.69) is 23.3 Å². The smallest absolute Gasteiger partial charge is 0.0716 e. The summed E-state index contributed by atoms with van der Waals surface area (Å²) >= 11 is 0. The molecule has 1 aliphatic heterocycles. The Balaban J connectivity index is 0.000000791. The van der Waals surface area contributed by atoms with Gasteiger partial charge in [0.15, 0.2) is 0 Å². The molecule has 0 saturated carbocycles. The molecule has 84 valence electrons. The highest BCUT2D eigenvalue weighted by atomic mass is 16.5. The summed E-state index contributed by atoms with van der Waals surface area (Å²) in [5.41, 5.74) is 0. The Kier molecular flexibility index (Phi) is 7.52. The normalized spacial score (nSPS) is 27.5. The minimum atomic E-state index is 0.404. The molecule has 0 radical (unpaired) electrons. The van der Waals surface area contributed by atoms with Crippen molar-refractivity contribution < 1.29 is 4.74 Å². The first-order chi connectivity index (χ1) is 6.77. The van der Waals surface area contributed by atoms with Gasteiger partial charge in [-0.3, -0.25) is 4.90 Å². The van der Waals surface area contributed by atoms with Crippen molar-refractivity contribution in [3.63, 3.8) is 0 Å². The zero-order chi connectivity index (χ0) is 11.0. The molecule has 14 heavy (non-hydrogen) atoms. The third-order valence-electron chi connectivity index (χ3n) is 2.38. The van der Waals surface area contributed by atoms with E-state index in [-0.39, 0.29) is 0 Å². The van der Waals surface area contributed by atoms with E-state index < -0.39 is 0 Å². The maximum Gasteiger partial charge on any atom is 0.0716 e. The lowest BCUT2D eigenvalue weighted by Crippen LogP contribution is -2.23. The number of likely N-dealkylation sites (tertiary alicyclic amines) is 1. The van der Waals surface area contributed by atoms with Gasteiger partial charge in [-0.25, -0.2) is 0 Å². The van der Waals surface area contributed by atoms with Crippen LogP contribution in [0.4, 0.5) is 0 Å². The summed E-state index contributed by atoms with van der Waals surface area (Å²) in [4.78, 5) is 2.31. The lowest BCUT2D eigenvalue weighted by Gasteiger charge is -2.13. The summed E-state index contributed by atoms with van der Waals surface area (Å²) < 4.78 is 5.30. The molecule has 0 spiro atoms. The van der Waals surface area contributed by atoms with Crippen LogP contribution >= 0.6 is 0 Å². The molecule has 1 heterocycles. The summed E-state index contributed by atoms with van der Waals surface area (Å²) in [5.74, 6) is 0. The van der Waals surface area contributed by atoms with Crippen molar-refractivity contribution in [2.24, 2.45) is 0 Å². The van der Waals surface area contributed by atoms with Crippen LogP contribution in [0.2, 0.25) is 0 Å². The van der Waals surface area contributed by atoms with Crippen LogP contribution in [0.1, 0.15) is 20.3 Å². The third-order valence-corrected chi connectivity index (χ3v) is 2.38. The van der Waals surface area contributed by atoms with Crippen LogP contribution in [0.5, 0.6) is 0 Å². The van der Waals surface area contributed by atoms with Gasteiger partial charge in [-0.05, 0) is 19.7 Å². The van der Waals surface area contributed by atoms with Crippen molar-refractivity contribution in [1.82, 2.24) is 10.2 Å². The quantitative estimate of drug-likeness (QED) is 0.746. The van der Waals surface area contributed by atoms with Gasteiger partial charge in [-0.2, -0.15) is 0 Å². The molecule has 0 bridgehead atoms. The molecule has 0 aromatic carbocycles. The van der Waals surface area contributed by atoms with Crippen molar-refractivity contribution >= 4 is 0 Å². The Morgan fingerprint density at radius 1 is 1.43 bits per heavy atom. The summed E-state index contributed by atoms with van der Waals surface area (Å²) in [6.45, 7) is 5.04. The first kappa shape index (κ1) is 13.5. The fraction of sp³-hybridized carbons (Fsp3) is 0.818. The van der Waals surface area contributed by atoms with Crippen LogP contribution in [0.3, 0.4) is 0 Å². The predicted molar refractivity (Wildman–Crippen MR) is 61.4 cm³/mol. The highest BCUT2D eigenvalue weighted by Crippen LogP contribution is 2.18. The minimum absolute atomic E-state index is 0.404. The summed E-state index contributed by atoms with van der Waals surface area (Å²) in [5, 5.41) is 3.00. The van der Waals surface area contributed by atoms with Gasteiger partial charge in [0.1, 0.15) is 0 Å². The molecule has 3 heteroatoms. The number of ether oxygens (including phenoxy) is 1. The summed E-state index contributed by atoms with van der Waals surface area (Å²) in [6.07, 6.45) is 5.67. The van der Waals surface area contributed by atoms with Crippen LogP contribution in [-0.4, -0.2) is 44.8 Å². The number of methoxy groups -OCH3 is 1. The van der Waals surface area contributed by atoms with Crippen LogP contribution in [0.25, 0.3) is 0 Å². The van der Waals surface area contributed by atoms with E-state index in [0.717, 1.165) is 13.0 Å². The molecular formula is C11H24N2O. The largest absolute Gasteiger partial charge is 0.394 e. The van der Waals surface area contributed by atoms with Crippen LogP contribution in [0.15, 0.2) is 12.3 Å². The Hall–Kier alpha value is -0.540. The number of hydrogen-bond donors (Lipinski definition) is 1. The second-order valence-electron chi connectivity index (χ2n) is 3.25. The third kappa shape index (κ3) is 4.11. The maximum atomic E-state index is 5.30. The Bertz CT molecular complexity index is 159. The van der Waals surface area contributed by atoms with Gasteiger partial charge in [-0.1, -0.05) is 19.9 Å². The fourth-order valence-electron chi connectivity index (χ4n) is 1.58. The molecule has 1 fully saturated rings. The molecular weight excluding hydrogens is 176 g/mol. The summed E-state index contributed by atoms with van der Waals surface area (Å²) in [6, 6.07) is 0.530. The number of hydrogen-bond acceptors (Lipinski definition) is 3. The average Bonchev–Trinajstić information content (AvgIpc) is 2.59. The van der Waals surface area contributed by atoms with Gasteiger partial charge < -0.3 is 10.1 Å². The van der Waals surface area contributed by atoms with Crippen molar-refractivity contribution in [2.45, 2.75) is 32.4 Å². The van der Waals surface area contributed by atoms with E-state index in [1.165, 1.54) is 0 Å². The second-order valence-corrected chi connectivity index (χ2v) is 3.25. The number of nitrogens with one attached hydrogen (secondary N) is 1. The highest BCUT2D eigenvalue weighted by Gasteiger charge is 2.26. The van der Waals surface area contributed by atoms with Crippen LogP contribution < -0.4 is 5.32 Å². The van der Waals surface area contributed by atoms with Gasteiger partial charge in [0.2, 0.25) is 0 Å². The molecule has 1 rings (SSSR count). The fourth-order valence-corrected chi connectivity index (χ4v) is 1.58. The number of likely N-dealkylation sites (N-methyl/N-ethyl adjacent to an activating group) is 1. The van der Waals surface area contributed by atoms with Crippen molar-refractivity contribution in [3.05, 3.63) is 12.3 Å². The molecule has 1 N–H and O–H groups in total. The van der Waals surface area contributed by atoms with Crippen molar-refractivity contribution in [1.29, 1.82) is 0 Å². The van der Waals surface area contributed by atoms with E-state index in [0.29, 0.717) is 12.1 Å². The molecule has 1 aliphatic rings. The highest BCUT2D eigenvalue weighted by molar-refractivity contribution is 4.98. The Labute approximate surface area is 88.1 Å². The molecule has 0 aromatic heterocycles. The monoisotopic (exact) mass is 200 g/mol. The van der Waals surface area contributed by atoms with Crippen molar-refractivity contribution in [2.75, 3.05) is 27.7 Å². The first-order valence-corrected chi connectivity index (χ1v) is 5.35. The average molecular weight is 200 g/mol. The molecule has 0 aromatic rings. The number of rotatable bonds is 3. The maximum absolute atomic E-state index is 5.30. The zero-order valence-corrected chi connectivity index (χ0v) is 10.1. The van der Waals surface area contributed by atoms with Crippen LogP contribution in [-0.2, 0) is 4.74 Å². The predicted octanol–water partition coefficient (Wildman–Crippen LogP) is 1.46. The van der Waals surface area contributed by atoms with Gasteiger partial charge >= 0.3 is 0 Å². The summed E-state index contributed by atoms with van der Waals surface area (Å²) in [7, 11) is 5.83.